The Balaban J connectivity index is 1.60. The van der Waals surface area contributed by atoms with Crippen LogP contribution >= 0.6 is 0 Å². The van der Waals surface area contributed by atoms with Gasteiger partial charge in [-0.15, -0.1) is 0 Å². The van der Waals surface area contributed by atoms with E-state index in [0.29, 0.717) is 16.6 Å². The highest BCUT2D eigenvalue weighted by Gasteiger charge is 2.14. The zero-order valence-electron chi connectivity index (χ0n) is 15.4. The van der Waals surface area contributed by atoms with Crippen molar-refractivity contribution in [2.45, 2.75) is 12.8 Å². The smallest absolute Gasteiger partial charge is 0.311 e. The molecule has 0 saturated carbocycles. The lowest BCUT2D eigenvalue weighted by atomic mass is 10.2. The number of hydrogen-bond acceptors (Lipinski definition) is 7. The Morgan fingerprint density at radius 3 is 2.90 bits per heavy atom. The molecule has 0 saturated heterocycles. The van der Waals surface area contributed by atoms with Gasteiger partial charge in [0.05, 0.1) is 29.3 Å². The van der Waals surface area contributed by atoms with Crippen LogP contribution in [0, 0.1) is 10.1 Å². The van der Waals surface area contributed by atoms with Crippen molar-refractivity contribution in [3.8, 4) is 5.75 Å². The van der Waals surface area contributed by atoms with Crippen LogP contribution < -0.4 is 15.7 Å². The molecule has 148 valence electrons. The second-order valence-corrected chi connectivity index (χ2v) is 6.01. The molecule has 10 heteroatoms. The van der Waals surface area contributed by atoms with Crippen molar-refractivity contribution in [3.63, 3.8) is 0 Å². The molecular formula is C19H17N5O5. The van der Waals surface area contributed by atoms with Gasteiger partial charge in [-0.3, -0.25) is 19.7 Å². The minimum Gasteiger partial charge on any atom is -0.490 e. The summed E-state index contributed by atoms with van der Waals surface area (Å²) in [5, 5.41) is 14.8. The van der Waals surface area contributed by atoms with Gasteiger partial charge in [-0.1, -0.05) is 12.1 Å². The average molecular weight is 395 g/mol. The molecule has 0 radical (unpaired) electrons. The van der Waals surface area contributed by atoms with Crippen LogP contribution in [0.3, 0.4) is 0 Å². The molecule has 0 aliphatic rings. The minimum atomic E-state index is -0.567. The molecule has 0 unspecified atom stereocenters. The average Bonchev–Trinajstić information content (AvgIpc) is 2.72. The summed E-state index contributed by atoms with van der Waals surface area (Å²) in [7, 11) is 1.34. The number of carbonyl (C=O) groups excluding carboxylic acids is 1. The van der Waals surface area contributed by atoms with E-state index in [1.165, 1.54) is 25.5 Å². The molecule has 0 aliphatic heterocycles. The number of nitro benzene ring substituents is 1. The Morgan fingerprint density at radius 2 is 2.14 bits per heavy atom. The lowest BCUT2D eigenvalue weighted by Gasteiger charge is -2.03. The van der Waals surface area contributed by atoms with Crippen molar-refractivity contribution in [3.05, 3.63) is 74.2 Å². The molecule has 1 heterocycles. The molecule has 3 rings (SSSR count). The van der Waals surface area contributed by atoms with Crippen LogP contribution in [0.1, 0.15) is 17.7 Å². The number of carbonyl (C=O) groups is 1. The Kier molecular flexibility index (Phi) is 5.93. The summed E-state index contributed by atoms with van der Waals surface area (Å²) in [5.74, 6) is -0.289. The molecule has 0 bridgehead atoms. The first-order valence-corrected chi connectivity index (χ1v) is 8.60. The van der Waals surface area contributed by atoms with Crippen LogP contribution in [0.25, 0.3) is 11.0 Å². The van der Waals surface area contributed by atoms with Crippen LogP contribution in [-0.2, 0) is 11.2 Å². The maximum absolute atomic E-state index is 12.0. The van der Waals surface area contributed by atoms with Crippen molar-refractivity contribution in [2.24, 2.45) is 5.10 Å². The van der Waals surface area contributed by atoms with E-state index in [1.807, 2.05) is 6.07 Å². The first-order valence-electron chi connectivity index (χ1n) is 8.60. The summed E-state index contributed by atoms with van der Waals surface area (Å²) in [6.45, 7) is 0. The fourth-order valence-electron chi connectivity index (χ4n) is 2.63. The highest BCUT2D eigenvalue weighted by Crippen LogP contribution is 2.26. The molecule has 0 atom stereocenters. The number of H-pyrrole nitrogens is 1. The molecule has 29 heavy (non-hydrogen) atoms. The third-order valence-electron chi connectivity index (χ3n) is 4.06. The quantitative estimate of drug-likeness (QED) is 0.356. The number of nitrogens with zero attached hydrogens (tertiary/aromatic N) is 3. The fraction of sp³-hybridized carbons (Fsp3) is 0.158. The Labute approximate surface area is 164 Å². The number of aromatic nitrogens is 2. The van der Waals surface area contributed by atoms with Crippen LogP contribution in [0.4, 0.5) is 5.69 Å². The van der Waals surface area contributed by atoms with Crippen LogP contribution in [0.15, 0.2) is 52.4 Å². The fourth-order valence-corrected chi connectivity index (χ4v) is 2.63. The maximum Gasteiger partial charge on any atom is 0.311 e. The number of hydrogen-bond donors (Lipinski definition) is 2. The number of aromatic amines is 1. The third kappa shape index (κ3) is 4.80. The Morgan fingerprint density at radius 1 is 1.34 bits per heavy atom. The number of aryl methyl sites for hydroxylation is 1. The van der Waals surface area contributed by atoms with E-state index in [9.17, 15) is 19.7 Å². The van der Waals surface area contributed by atoms with E-state index in [2.05, 4.69) is 20.5 Å². The first-order chi connectivity index (χ1) is 14.0. The number of methoxy groups -OCH3 is 1. The number of fused-ring (bicyclic) bond motifs is 1. The molecule has 1 amide bonds. The minimum absolute atomic E-state index is 0.00845. The maximum atomic E-state index is 12.0. The number of hydrazone groups is 1. The number of ether oxygens (including phenoxy) is 1. The van der Waals surface area contributed by atoms with Gasteiger partial charge in [0, 0.05) is 24.5 Å². The molecule has 0 spiro atoms. The van der Waals surface area contributed by atoms with Crippen molar-refractivity contribution in [1.29, 1.82) is 0 Å². The van der Waals surface area contributed by atoms with E-state index < -0.39 is 10.8 Å². The molecule has 1 aromatic heterocycles. The van der Waals surface area contributed by atoms with E-state index in [-0.39, 0.29) is 35.5 Å². The summed E-state index contributed by atoms with van der Waals surface area (Å²) in [4.78, 5) is 41.5. The molecule has 0 fully saturated rings. The molecule has 2 aromatic carbocycles. The molecule has 2 N–H and O–H groups in total. The molecule has 3 aromatic rings. The number of para-hydroxylation sites is 2. The largest absolute Gasteiger partial charge is 0.490 e. The summed E-state index contributed by atoms with van der Waals surface area (Å²) in [6.07, 6.45) is 1.44. The zero-order chi connectivity index (χ0) is 20.8. The summed E-state index contributed by atoms with van der Waals surface area (Å²) in [5.41, 5.74) is 3.73. The van der Waals surface area contributed by atoms with Gasteiger partial charge in [0.25, 0.3) is 5.56 Å². The lowest BCUT2D eigenvalue weighted by Crippen LogP contribution is -2.21. The topological polar surface area (TPSA) is 140 Å². The van der Waals surface area contributed by atoms with Crippen LogP contribution in [0.2, 0.25) is 0 Å². The zero-order valence-corrected chi connectivity index (χ0v) is 15.4. The van der Waals surface area contributed by atoms with Gasteiger partial charge in [0.1, 0.15) is 5.69 Å². The third-order valence-corrected chi connectivity index (χ3v) is 4.06. The van der Waals surface area contributed by atoms with E-state index in [1.54, 1.807) is 24.3 Å². The van der Waals surface area contributed by atoms with Crippen molar-refractivity contribution < 1.29 is 14.5 Å². The van der Waals surface area contributed by atoms with Gasteiger partial charge in [-0.25, -0.2) is 10.4 Å². The standard InChI is InChI=1S/C19H17N5O5/c1-29-17-8-6-12(10-16(17)24(27)28)11-20-23-18(25)9-7-15-19(26)22-14-5-3-2-4-13(14)21-15/h2-6,8,10-11H,7,9H2,1H3,(H,22,26)(H,23,25)/b20-11-. The number of nitrogens with one attached hydrogen (secondary N) is 2. The van der Waals surface area contributed by atoms with Gasteiger partial charge in [-0.05, 0) is 24.3 Å². The van der Waals surface area contributed by atoms with Gasteiger partial charge < -0.3 is 9.72 Å². The van der Waals surface area contributed by atoms with Crippen molar-refractivity contribution >= 4 is 28.8 Å². The summed E-state index contributed by atoms with van der Waals surface area (Å²) >= 11 is 0. The monoisotopic (exact) mass is 395 g/mol. The van der Waals surface area contributed by atoms with Gasteiger partial charge in [0.15, 0.2) is 5.75 Å². The SMILES string of the molecule is COc1ccc(/C=N\NC(=O)CCc2nc3ccccc3[nH]c2=O)cc1[N+](=O)[O-]. The number of amides is 1. The highest BCUT2D eigenvalue weighted by atomic mass is 16.6. The van der Waals surface area contributed by atoms with Crippen LogP contribution in [-0.4, -0.2) is 34.1 Å². The Hall–Kier alpha value is -4.08. The van der Waals surface area contributed by atoms with Gasteiger partial charge >= 0.3 is 5.69 Å². The predicted octanol–water partition coefficient (Wildman–Crippen LogP) is 1.92. The normalized spacial score (nSPS) is 10.9. The van der Waals surface area contributed by atoms with Crippen LogP contribution in [0.5, 0.6) is 5.75 Å². The summed E-state index contributed by atoms with van der Waals surface area (Å²) < 4.78 is 4.92. The Bertz CT molecular complexity index is 1160. The van der Waals surface area contributed by atoms with Gasteiger partial charge in [0.2, 0.25) is 5.91 Å². The van der Waals surface area contributed by atoms with E-state index >= 15 is 0 Å². The van der Waals surface area contributed by atoms with E-state index in [0.717, 1.165) is 0 Å². The highest BCUT2D eigenvalue weighted by molar-refractivity contribution is 5.83. The van der Waals surface area contributed by atoms with Crippen molar-refractivity contribution in [1.82, 2.24) is 15.4 Å². The number of nitro groups is 1. The number of benzene rings is 2. The predicted molar refractivity (Wildman–Crippen MR) is 106 cm³/mol. The second kappa shape index (κ2) is 8.74. The molecule has 0 aliphatic carbocycles. The van der Waals surface area contributed by atoms with E-state index in [4.69, 9.17) is 4.74 Å². The molecule has 10 nitrogen and oxygen atoms in total. The second-order valence-electron chi connectivity index (χ2n) is 6.01. The van der Waals surface area contributed by atoms with Gasteiger partial charge in [-0.2, -0.15) is 5.10 Å². The lowest BCUT2D eigenvalue weighted by molar-refractivity contribution is -0.385. The molecular weight excluding hydrogens is 378 g/mol. The summed E-state index contributed by atoms with van der Waals surface area (Å²) in [6, 6.07) is 11.4. The number of rotatable bonds is 7. The first kappa shape index (κ1) is 19.7. The van der Waals surface area contributed by atoms with Crippen molar-refractivity contribution in [2.75, 3.05) is 7.11 Å².